The largest absolute Gasteiger partial charge is 0.481 e. The molecular formula is C74H123N23O26. The number of aliphatic imine (C=N–C) groups is 2. The monoisotopic (exact) mass is 1750 g/mol. The zero-order chi connectivity index (χ0) is 93.1. The molecule has 3 saturated heterocycles. The normalized spacial score (nSPS) is 18.3. The number of hydrogen-bond donors (Lipinski definition) is 24. The highest BCUT2D eigenvalue weighted by atomic mass is 16.4. The van der Waals surface area contributed by atoms with E-state index in [0.29, 0.717) is 19.3 Å². The molecule has 3 fully saturated rings. The summed E-state index contributed by atoms with van der Waals surface area (Å²) in [4.78, 5) is 279. The molecule has 0 spiro atoms. The SMILES string of the molecule is CC(C)C[C@H](N)C(=O)NCC(=O)N[C@@H](CCC(=O)O)C(=O)N[C@@H](CCCN=C(N)N)C(=O)N1CCC[C@H]1C(=O)N[C@@H](C)C(=O)N[C@@H](C)C(=O)N1CCC[C@H]1C(=O)N[C@@H](C)C(=O)N1CCC[C@H]1C(=O)N[C@H](C(=O)N[C@H](C(=O)N[C@@H](CCCN=C(N)N)C(=O)N[C@@H](CC(=O)O)C(=O)N[C@H](C(=O)N[C@@H](CO)C(=O)N[C@@H](CC(=O)O)C(=O)O)C(C)C)[C@@H](C)O)C(C)C. The summed E-state index contributed by atoms with van der Waals surface area (Å²) < 4.78 is 0. The van der Waals surface area contributed by atoms with Crippen molar-refractivity contribution in [2.24, 2.45) is 56.4 Å². The Morgan fingerprint density at radius 2 is 0.780 bits per heavy atom. The molecular weight excluding hydrogens is 1630 g/mol. The van der Waals surface area contributed by atoms with E-state index in [0.717, 1.165) is 6.92 Å². The summed E-state index contributed by atoms with van der Waals surface area (Å²) in [6.07, 6.45) is -4.09. The van der Waals surface area contributed by atoms with Gasteiger partial charge in [0.05, 0.1) is 38.1 Å². The van der Waals surface area contributed by atoms with Gasteiger partial charge in [-0.05, 0) is 122 Å². The number of nitrogens with zero attached hydrogens (tertiary/aromatic N) is 5. The van der Waals surface area contributed by atoms with Crippen LogP contribution in [0.4, 0.5) is 0 Å². The molecule has 3 rings (SSSR count). The molecule has 0 aromatic rings. The van der Waals surface area contributed by atoms with Gasteiger partial charge >= 0.3 is 23.9 Å². The van der Waals surface area contributed by atoms with Crippen molar-refractivity contribution < 1.29 is 127 Å². The number of amides is 16. The molecule has 0 unspecified atom stereocenters. The number of nitrogens with one attached hydrogen (secondary N) is 13. The van der Waals surface area contributed by atoms with E-state index in [1.165, 1.54) is 63.2 Å². The van der Waals surface area contributed by atoms with Crippen molar-refractivity contribution in [1.82, 2.24) is 83.8 Å². The Labute approximate surface area is 708 Å². The average Bonchev–Trinajstić information content (AvgIpc) is 1.67. The zero-order valence-corrected chi connectivity index (χ0v) is 70.6. The highest BCUT2D eigenvalue weighted by molar-refractivity contribution is 6.02. The molecule has 123 heavy (non-hydrogen) atoms. The van der Waals surface area contributed by atoms with Crippen LogP contribution in [0.1, 0.15) is 166 Å². The van der Waals surface area contributed by atoms with Crippen molar-refractivity contribution in [2.75, 3.05) is 45.9 Å². The summed E-state index contributed by atoms with van der Waals surface area (Å²) in [7, 11) is 0. The van der Waals surface area contributed by atoms with Crippen LogP contribution in [0.5, 0.6) is 0 Å². The van der Waals surface area contributed by atoms with E-state index in [4.69, 9.17) is 33.8 Å². The number of aliphatic hydroxyl groups is 2. The number of hydrogen-bond acceptors (Lipinski definition) is 25. The molecule has 0 bridgehead atoms. The second-order valence-corrected chi connectivity index (χ2v) is 31.4. The van der Waals surface area contributed by atoms with Crippen LogP contribution in [-0.2, 0) is 95.9 Å². The molecule has 3 aliphatic rings. The lowest BCUT2D eigenvalue weighted by Gasteiger charge is -2.32. The molecule has 0 radical (unpaired) electrons. The number of rotatable bonds is 51. The first-order valence-corrected chi connectivity index (χ1v) is 40.4. The van der Waals surface area contributed by atoms with Crippen LogP contribution < -0.4 is 97.8 Å². The summed E-state index contributed by atoms with van der Waals surface area (Å²) in [5.74, 6) is -24.0. The Hall–Kier alpha value is -12.2. The maximum absolute atomic E-state index is 14.4. The Bertz CT molecular complexity index is 3860. The highest BCUT2D eigenvalue weighted by Gasteiger charge is 2.45. The summed E-state index contributed by atoms with van der Waals surface area (Å²) in [6, 6.07) is -24.3. The molecule has 3 heterocycles. The van der Waals surface area contributed by atoms with E-state index in [2.05, 4.69) is 73.8 Å². The van der Waals surface area contributed by atoms with Crippen LogP contribution >= 0.6 is 0 Å². The van der Waals surface area contributed by atoms with E-state index >= 15 is 0 Å². The van der Waals surface area contributed by atoms with Gasteiger partial charge in [0.25, 0.3) is 0 Å². The summed E-state index contributed by atoms with van der Waals surface area (Å²) in [5.41, 5.74) is 27.9. The van der Waals surface area contributed by atoms with Crippen LogP contribution in [-0.4, -0.2) is 324 Å². The van der Waals surface area contributed by atoms with E-state index in [-0.39, 0.29) is 102 Å². The van der Waals surface area contributed by atoms with Gasteiger partial charge in [0.15, 0.2) is 11.9 Å². The minimum Gasteiger partial charge on any atom is -0.481 e. The number of carboxylic acids is 4. The smallest absolute Gasteiger partial charge is 0.326 e. The van der Waals surface area contributed by atoms with Crippen LogP contribution in [0.15, 0.2) is 9.98 Å². The van der Waals surface area contributed by atoms with Crippen LogP contribution in [0.25, 0.3) is 0 Å². The molecule has 49 nitrogen and oxygen atoms in total. The number of carbonyl (C=O) groups excluding carboxylic acids is 16. The number of likely N-dealkylation sites (tertiary alicyclic amines) is 3. The molecule has 0 saturated carbocycles. The Balaban J connectivity index is 1.73. The van der Waals surface area contributed by atoms with Crippen LogP contribution in [0.3, 0.4) is 0 Å². The summed E-state index contributed by atoms with van der Waals surface area (Å²) in [6.45, 7) is 12.6. The van der Waals surface area contributed by atoms with Gasteiger partial charge in [-0.15, -0.1) is 0 Å². The number of nitrogens with two attached hydrogens (primary N) is 5. The van der Waals surface area contributed by atoms with Gasteiger partial charge in [0.2, 0.25) is 94.5 Å². The lowest BCUT2D eigenvalue weighted by Crippen LogP contribution is -2.62. The van der Waals surface area contributed by atoms with Gasteiger partial charge in [-0.1, -0.05) is 41.5 Å². The molecule has 16 amide bonds. The zero-order valence-electron chi connectivity index (χ0n) is 70.6. The first-order valence-electron chi connectivity index (χ1n) is 40.4. The van der Waals surface area contributed by atoms with E-state index in [9.17, 15) is 121 Å². The fraction of sp³-hybridized carbons (Fsp3) is 0.703. The minimum absolute atomic E-state index is 0.00216. The fourth-order valence-electron chi connectivity index (χ4n) is 13.5. The van der Waals surface area contributed by atoms with Crippen molar-refractivity contribution in [3.8, 4) is 0 Å². The van der Waals surface area contributed by atoms with Crippen LogP contribution in [0.2, 0.25) is 0 Å². The number of carbonyl (C=O) groups is 20. The van der Waals surface area contributed by atoms with Gasteiger partial charge in [-0.3, -0.25) is 101 Å². The Morgan fingerprint density at radius 3 is 1.24 bits per heavy atom. The number of aliphatic hydroxyl groups excluding tert-OH is 2. The van der Waals surface area contributed by atoms with Gasteiger partial charge in [-0.2, -0.15) is 0 Å². The van der Waals surface area contributed by atoms with Crippen molar-refractivity contribution in [2.45, 2.75) is 268 Å². The number of carboxylic acid groups (broad SMARTS) is 4. The lowest BCUT2D eigenvalue weighted by atomic mass is 10.0. The van der Waals surface area contributed by atoms with Gasteiger partial charge in [0, 0.05) is 39.1 Å². The second-order valence-electron chi connectivity index (χ2n) is 31.4. The molecule has 29 N–H and O–H groups in total. The van der Waals surface area contributed by atoms with Gasteiger partial charge in [-0.25, -0.2) is 4.79 Å². The fourth-order valence-corrected chi connectivity index (χ4v) is 13.5. The maximum atomic E-state index is 14.4. The third-order valence-electron chi connectivity index (χ3n) is 20.0. The average molecular weight is 1750 g/mol. The van der Waals surface area contributed by atoms with Crippen molar-refractivity contribution >= 4 is 130 Å². The Morgan fingerprint density at radius 1 is 0.398 bits per heavy atom. The van der Waals surface area contributed by atoms with Gasteiger partial charge < -0.3 is 143 Å². The Kier molecular flexibility index (Phi) is 43.5. The first kappa shape index (κ1) is 105. The molecule has 0 aromatic carbocycles. The summed E-state index contributed by atoms with van der Waals surface area (Å²) >= 11 is 0. The molecule has 17 atom stereocenters. The number of guanidine groups is 2. The van der Waals surface area contributed by atoms with Crippen molar-refractivity contribution in [1.29, 1.82) is 0 Å². The summed E-state index contributed by atoms with van der Waals surface area (Å²) in [5, 5.41) is 89.5. The molecule has 0 aromatic heterocycles. The standard InChI is InChI=1S/C74H123N23O26/c1-33(2)28-40(75)58(108)82-31-50(100)86-42(21-22-51(101)102)60(110)88-43(17-12-24-81-74(78)79)71(121)97-27-15-19-48(97)63(113)83-36(7)57(107)84-37(8)69(119)95-25-13-18-47(95)64(114)85-38(9)70(120)96-26-14-20-49(96)65(115)93-55(35(5)6)67(117)94-56(39(10)99)68(118)87-41(16-11-23-80-73(76)77)59(109)89-44(29-52(103)104)61(111)92-54(34(3)4)66(116)91-46(32-98)62(112)90-45(72(122)123)30-53(105)106/h33-49,54-56,98-99H,11-32,75H2,1-10H3,(H,82,108)(H,83,113)(H,84,107)(H,85,114)(H,86,100)(H,87,118)(H,88,110)(H,89,109)(H,90,112)(H,91,116)(H,92,111)(H,93,115)(H,94,117)(H,101,102)(H,103,104)(H,105,106)(H,122,123)(H4,76,77,80)(H4,78,79,81)/t36-,37-,38-,39+,40-,41-,42-,43-,44-,45-,46-,47-,48-,49-,54-,55-,56-/m0/s1. The molecule has 690 valence electrons. The predicted octanol–water partition coefficient (Wildman–Crippen LogP) is -9.98. The highest BCUT2D eigenvalue weighted by Crippen LogP contribution is 2.24. The van der Waals surface area contributed by atoms with Crippen LogP contribution in [0, 0.1) is 17.8 Å². The quantitative estimate of drug-likeness (QED) is 0.0153. The van der Waals surface area contributed by atoms with E-state index < -0.39 is 272 Å². The van der Waals surface area contributed by atoms with Crippen molar-refractivity contribution in [3.05, 3.63) is 0 Å². The molecule has 49 heteroatoms. The maximum Gasteiger partial charge on any atom is 0.326 e. The van der Waals surface area contributed by atoms with E-state index in [1.807, 2.05) is 19.2 Å². The predicted molar refractivity (Wildman–Crippen MR) is 432 cm³/mol. The minimum atomic E-state index is -2.05. The third kappa shape index (κ3) is 34.7. The molecule has 3 aliphatic heterocycles. The van der Waals surface area contributed by atoms with E-state index in [1.54, 1.807) is 0 Å². The lowest BCUT2D eigenvalue weighted by molar-refractivity contribution is -0.147. The van der Waals surface area contributed by atoms with Crippen molar-refractivity contribution in [3.63, 3.8) is 0 Å². The topological polar surface area (TPSA) is 784 Å². The third-order valence-corrected chi connectivity index (χ3v) is 20.0. The second kappa shape index (κ2) is 50.9. The molecule has 0 aliphatic carbocycles. The number of aliphatic carboxylic acids is 4. The first-order chi connectivity index (χ1) is 57.5. The van der Waals surface area contributed by atoms with Gasteiger partial charge in [0.1, 0.15) is 90.6 Å².